The molecule has 1 heterocycles. The second kappa shape index (κ2) is 4.96. The largest absolute Gasteiger partial charge is 0.398 e. The van der Waals surface area contributed by atoms with Crippen LogP contribution in [0.5, 0.6) is 0 Å². The second-order valence-electron chi connectivity index (χ2n) is 4.29. The number of anilines is 2. The van der Waals surface area contributed by atoms with Crippen molar-refractivity contribution >= 4 is 33.2 Å². The van der Waals surface area contributed by atoms with Crippen molar-refractivity contribution in [3.8, 4) is 0 Å². The van der Waals surface area contributed by atoms with Crippen molar-refractivity contribution < 1.29 is 4.79 Å². The Bertz CT molecular complexity index is 448. The van der Waals surface area contributed by atoms with Crippen molar-refractivity contribution in [2.75, 3.05) is 30.3 Å². The summed E-state index contributed by atoms with van der Waals surface area (Å²) in [5.74, 6) is 0.0730. The fraction of sp³-hybridized carbons (Fsp3) is 0.417. The summed E-state index contributed by atoms with van der Waals surface area (Å²) in [5.41, 5.74) is 8.68. The predicted octanol–water partition coefficient (Wildman–Crippen LogP) is 1.67. The van der Waals surface area contributed by atoms with Crippen LogP contribution in [-0.2, 0) is 4.79 Å². The summed E-state index contributed by atoms with van der Waals surface area (Å²) >= 11 is 3.51. The second-order valence-corrected chi connectivity index (χ2v) is 5.14. The van der Waals surface area contributed by atoms with Crippen molar-refractivity contribution in [1.29, 1.82) is 0 Å². The molecule has 0 bridgehead atoms. The highest BCUT2D eigenvalue weighted by atomic mass is 79.9. The van der Waals surface area contributed by atoms with Crippen LogP contribution < -0.4 is 16.0 Å². The third-order valence-electron chi connectivity index (χ3n) is 2.94. The molecular formula is C12H16BrN3O. The van der Waals surface area contributed by atoms with Gasteiger partial charge in [0.05, 0.1) is 12.2 Å². The number of benzene rings is 1. The van der Waals surface area contributed by atoms with Crippen LogP contribution in [0.4, 0.5) is 11.4 Å². The number of hydrogen-bond acceptors (Lipinski definition) is 3. The number of aryl methyl sites for hydroxylation is 1. The fourth-order valence-electron chi connectivity index (χ4n) is 1.94. The highest BCUT2D eigenvalue weighted by Crippen LogP contribution is 2.31. The molecule has 17 heavy (non-hydrogen) atoms. The summed E-state index contributed by atoms with van der Waals surface area (Å²) in [4.78, 5) is 13.6. The molecule has 0 aliphatic carbocycles. The van der Waals surface area contributed by atoms with Gasteiger partial charge in [-0.2, -0.15) is 0 Å². The molecule has 0 atom stereocenters. The summed E-state index contributed by atoms with van der Waals surface area (Å²) in [6.07, 6.45) is 0.960. The van der Waals surface area contributed by atoms with Gasteiger partial charge in [-0.25, -0.2) is 0 Å². The van der Waals surface area contributed by atoms with E-state index in [0.717, 1.165) is 40.9 Å². The monoisotopic (exact) mass is 297 g/mol. The molecule has 1 aliphatic rings. The third-order valence-corrected chi connectivity index (χ3v) is 3.57. The Labute approximate surface area is 109 Å². The number of nitrogen functional groups attached to an aromatic ring is 1. The molecular weight excluding hydrogens is 282 g/mol. The Kier molecular flexibility index (Phi) is 3.57. The van der Waals surface area contributed by atoms with Gasteiger partial charge >= 0.3 is 0 Å². The number of nitrogens with two attached hydrogens (primary N) is 1. The van der Waals surface area contributed by atoms with Crippen molar-refractivity contribution in [2.24, 2.45) is 0 Å². The van der Waals surface area contributed by atoms with Crippen LogP contribution in [0.1, 0.15) is 12.0 Å². The van der Waals surface area contributed by atoms with Crippen molar-refractivity contribution in [2.45, 2.75) is 13.3 Å². The lowest BCUT2D eigenvalue weighted by atomic mass is 10.1. The molecule has 1 fully saturated rings. The molecule has 2 rings (SSSR count). The lowest BCUT2D eigenvalue weighted by Crippen LogP contribution is -2.33. The highest BCUT2D eigenvalue weighted by Gasteiger charge is 2.17. The van der Waals surface area contributed by atoms with E-state index in [0.29, 0.717) is 6.54 Å². The average molecular weight is 298 g/mol. The number of nitrogens with zero attached hydrogens (tertiary/aromatic N) is 1. The van der Waals surface area contributed by atoms with E-state index in [1.807, 2.05) is 19.1 Å². The molecule has 1 aliphatic heterocycles. The number of carbonyl (C=O) groups is 1. The number of hydrogen-bond donors (Lipinski definition) is 2. The number of amides is 1. The standard InChI is InChI=1S/C12H16BrN3O/c1-8-5-11(9(13)6-10(8)14)16-4-2-3-15-12(17)7-16/h5-6H,2-4,7,14H2,1H3,(H,15,17). The molecule has 1 amide bonds. The molecule has 1 aromatic rings. The predicted molar refractivity (Wildman–Crippen MR) is 73.1 cm³/mol. The average Bonchev–Trinajstić information content (AvgIpc) is 2.48. The summed E-state index contributed by atoms with van der Waals surface area (Å²) in [5, 5.41) is 2.87. The maximum Gasteiger partial charge on any atom is 0.239 e. The van der Waals surface area contributed by atoms with E-state index < -0.39 is 0 Å². The summed E-state index contributed by atoms with van der Waals surface area (Å²) in [7, 11) is 0. The van der Waals surface area contributed by atoms with Gasteiger partial charge in [-0.1, -0.05) is 0 Å². The Morgan fingerprint density at radius 1 is 1.47 bits per heavy atom. The van der Waals surface area contributed by atoms with Gasteiger partial charge in [0.15, 0.2) is 0 Å². The van der Waals surface area contributed by atoms with Gasteiger partial charge in [-0.05, 0) is 47.0 Å². The molecule has 1 aromatic carbocycles. The van der Waals surface area contributed by atoms with Gasteiger partial charge in [0.2, 0.25) is 5.91 Å². The van der Waals surface area contributed by atoms with Gasteiger partial charge in [-0.3, -0.25) is 4.79 Å². The van der Waals surface area contributed by atoms with Crippen LogP contribution in [0.2, 0.25) is 0 Å². The minimum atomic E-state index is 0.0730. The van der Waals surface area contributed by atoms with Crippen molar-refractivity contribution in [1.82, 2.24) is 5.32 Å². The maximum absolute atomic E-state index is 11.5. The lowest BCUT2D eigenvalue weighted by molar-refractivity contribution is -0.119. The Morgan fingerprint density at radius 2 is 2.24 bits per heavy atom. The van der Waals surface area contributed by atoms with Crippen LogP contribution in [0.3, 0.4) is 0 Å². The maximum atomic E-state index is 11.5. The number of nitrogens with one attached hydrogen (secondary N) is 1. The summed E-state index contributed by atoms with van der Waals surface area (Å²) in [6, 6.07) is 3.92. The molecule has 0 unspecified atom stereocenters. The molecule has 0 saturated carbocycles. The van der Waals surface area contributed by atoms with E-state index in [1.165, 1.54) is 0 Å². The zero-order valence-electron chi connectivity index (χ0n) is 9.79. The normalized spacial score (nSPS) is 16.6. The number of rotatable bonds is 1. The Hall–Kier alpha value is -1.23. The van der Waals surface area contributed by atoms with Crippen LogP contribution in [-0.4, -0.2) is 25.5 Å². The highest BCUT2D eigenvalue weighted by molar-refractivity contribution is 9.10. The zero-order chi connectivity index (χ0) is 12.4. The van der Waals surface area contributed by atoms with E-state index in [9.17, 15) is 4.79 Å². The van der Waals surface area contributed by atoms with Gasteiger partial charge in [0.25, 0.3) is 0 Å². The van der Waals surface area contributed by atoms with E-state index in [2.05, 4.69) is 26.1 Å². The van der Waals surface area contributed by atoms with Crippen LogP contribution in [0, 0.1) is 6.92 Å². The third kappa shape index (κ3) is 2.72. The first-order valence-corrected chi connectivity index (χ1v) is 6.44. The van der Waals surface area contributed by atoms with Gasteiger partial charge in [-0.15, -0.1) is 0 Å². The Morgan fingerprint density at radius 3 is 3.00 bits per heavy atom. The molecule has 0 spiro atoms. The molecule has 3 N–H and O–H groups in total. The van der Waals surface area contributed by atoms with Gasteiger partial charge in [0, 0.05) is 23.2 Å². The number of halogens is 1. The molecule has 1 saturated heterocycles. The minimum absolute atomic E-state index is 0.0730. The topological polar surface area (TPSA) is 58.4 Å². The van der Waals surface area contributed by atoms with Crippen molar-refractivity contribution in [3.05, 3.63) is 22.2 Å². The van der Waals surface area contributed by atoms with Crippen LogP contribution >= 0.6 is 15.9 Å². The first-order valence-electron chi connectivity index (χ1n) is 5.65. The van der Waals surface area contributed by atoms with Crippen LogP contribution in [0.15, 0.2) is 16.6 Å². The molecule has 5 heteroatoms. The molecule has 92 valence electrons. The van der Waals surface area contributed by atoms with Gasteiger partial charge < -0.3 is 16.0 Å². The lowest BCUT2D eigenvalue weighted by Gasteiger charge is -2.23. The smallest absolute Gasteiger partial charge is 0.239 e. The first-order chi connectivity index (χ1) is 8.08. The van der Waals surface area contributed by atoms with Crippen LogP contribution in [0.25, 0.3) is 0 Å². The fourth-order valence-corrected chi connectivity index (χ4v) is 2.55. The number of carbonyl (C=O) groups excluding carboxylic acids is 1. The SMILES string of the molecule is Cc1cc(N2CCCNC(=O)C2)c(Br)cc1N. The molecule has 4 nitrogen and oxygen atoms in total. The summed E-state index contributed by atoms with van der Waals surface area (Å²) < 4.78 is 0.940. The van der Waals surface area contributed by atoms with Crippen molar-refractivity contribution in [3.63, 3.8) is 0 Å². The quantitative estimate of drug-likeness (QED) is 0.775. The minimum Gasteiger partial charge on any atom is -0.398 e. The zero-order valence-corrected chi connectivity index (χ0v) is 11.4. The molecule has 0 radical (unpaired) electrons. The Balaban J connectivity index is 2.32. The van der Waals surface area contributed by atoms with Gasteiger partial charge in [0.1, 0.15) is 0 Å². The molecule has 0 aromatic heterocycles. The van der Waals surface area contributed by atoms with E-state index >= 15 is 0 Å². The van der Waals surface area contributed by atoms with E-state index in [-0.39, 0.29) is 5.91 Å². The summed E-state index contributed by atoms with van der Waals surface area (Å²) in [6.45, 7) is 4.01. The van der Waals surface area contributed by atoms with E-state index in [1.54, 1.807) is 0 Å². The van der Waals surface area contributed by atoms with E-state index in [4.69, 9.17) is 5.73 Å². The first kappa shape index (κ1) is 12.2.